The lowest BCUT2D eigenvalue weighted by Crippen LogP contribution is -2.51. The van der Waals surface area contributed by atoms with Gasteiger partial charge in [-0.1, -0.05) is 82.8 Å². The van der Waals surface area contributed by atoms with Gasteiger partial charge >= 0.3 is 0 Å². The first-order valence-electron chi connectivity index (χ1n) is 13.5. The molecule has 8 nitrogen and oxygen atoms in total. The number of nitrogens with zero attached hydrogens (tertiary/aromatic N) is 6. The monoisotopic (exact) mass is 644 g/mol. The zero-order valence-corrected chi connectivity index (χ0v) is 26.1. The van der Waals surface area contributed by atoms with Crippen molar-refractivity contribution in [2.24, 2.45) is 0 Å². The minimum Gasteiger partial charge on any atom is -0.379 e. The molecule has 12 heteroatoms. The first-order valence-corrected chi connectivity index (χ1v) is 15.0. The zero-order valence-electron chi connectivity index (χ0n) is 23.0. The Labute approximate surface area is 264 Å². The molecule has 4 aromatic rings. The Balaban J connectivity index is 1.24. The highest BCUT2D eigenvalue weighted by Crippen LogP contribution is 2.42. The van der Waals surface area contributed by atoms with Crippen LogP contribution < -0.4 is 0 Å². The van der Waals surface area contributed by atoms with Gasteiger partial charge < -0.3 is 9.47 Å². The van der Waals surface area contributed by atoms with Crippen LogP contribution in [0.5, 0.6) is 0 Å². The van der Waals surface area contributed by atoms with Crippen LogP contribution in [0.1, 0.15) is 11.4 Å². The molecule has 2 aromatic carbocycles. The van der Waals surface area contributed by atoms with Gasteiger partial charge in [0.15, 0.2) is 10.3 Å². The number of hydrogen-bond donors (Lipinski definition) is 0. The van der Waals surface area contributed by atoms with Crippen molar-refractivity contribution in [3.05, 3.63) is 80.5 Å². The fraction of sp³-hybridized carbons (Fsp3) is 0.333. The summed E-state index contributed by atoms with van der Waals surface area (Å²) in [6.07, 6.45) is 3.91. The van der Waals surface area contributed by atoms with Crippen LogP contribution in [0.15, 0.2) is 48.8 Å². The standard InChI is InChI=1S/C30H28Cl4N6O2/c1-41-17-11-39(12-17)15-25-29(33)37-23(9-35-25)21-7-3-5-19(27(21)31)20-6-4-8-22(28(20)32)24-10-36-26(30(34)38-24)16-40-13-18(14-40)42-2/h3-10,17-18H,11-16H2,1-2H3. The van der Waals surface area contributed by atoms with E-state index >= 15 is 0 Å². The predicted octanol–water partition coefficient (Wildman–Crippen LogP) is 6.54. The number of rotatable bonds is 9. The third-order valence-corrected chi connectivity index (χ3v) is 9.12. The largest absolute Gasteiger partial charge is 0.379 e. The summed E-state index contributed by atoms with van der Waals surface area (Å²) < 4.78 is 10.7. The van der Waals surface area contributed by atoms with Crippen LogP contribution in [0.25, 0.3) is 33.6 Å². The van der Waals surface area contributed by atoms with E-state index in [4.69, 9.17) is 55.9 Å². The summed E-state index contributed by atoms with van der Waals surface area (Å²) in [7, 11) is 3.44. The fourth-order valence-electron chi connectivity index (χ4n) is 5.16. The lowest BCUT2D eigenvalue weighted by atomic mass is 9.98. The average molecular weight is 646 g/mol. The van der Waals surface area contributed by atoms with Gasteiger partial charge in [-0.15, -0.1) is 0 Å². The molecular weight excluding hydrogens is 618 g/mol. The summed E-state index contributed by atoms with van der Waals surface area (Å²) in [5.41, 5.74) is 5.48. The summed E-state index contributed by atoms with van der Waals surface area (Å²) in [6.45, 7) is 4.62. The fourth-order valence-corrected chi connectivity index (χ4v) is 6.20. The van der Waals surface area contributed by atoms with Crippen molar-refractivity contribution in [2.75, 3.05) is 40.4 Å². The molecule has 0 aliphatic carbocycles. The number of benzene rings is 2. The van der Waals surface area contributed by atoms with Gasteiger partial charge in [0.05, 0.1) is 57.4 Å². The van der Waals surface area contributed by atoms with E-state index in [0.29, 0.717) is 67.3 Å². The molecule has 2 saturated heterocycles. The number of methoxy groups -OCH3 is 2. The Hall–Kier alpha value is -2.40. The molecule has 2 aliphatic heterocycles. The number of likely N-dealkylation sites (tertiary alicyclic amines) is 2. The summed E-state index contributed by atoms with van der Waals surface area (Å²) >= 11 is 27.0. The minimum atomic E-state index is 0.256. The van der Waals surface area contributed by atoms with Gasteiger partial charge in [0.2, 0.25) is 0 Å². The smallest absolute Gasteiger partial charge is 0.152 e. The van der Waals surface area contributed by atoms with Crippen LogP contribution in [0.2, 0.25) is 20.4 Å². The van der Waals surface area contributed by atoms with E-state index in [1.165, 1.54) is 0 Å². The van der Waals surface area contributed by atoms with Crippen LogP contribution in [-0.2, 0) is 22.6 Å². The quantitative estimate of drug-likeness (QED) is 0.203. The number of halogens is 4. The second kappa shape index (κ2) is 12.7. The highest BCUT2D eigenvalue weighted by Gasteiger charge is 2.28. The Kier molecular flexibility index (Phi) is 8.96. The third-order valence-electron chi connectivity index (χ3n) is 7.70. The lowest BCUT2D eigenvalue weighted by Gasteiger charge is -2.37. The van der Waals surface area contributed by atoms with Gasteiger partial charge in [0.25, 0.3) is 0 Å². The van der Waals surface area contributed by atoms with Crippen molar-refractivity contribution in [1.29, 1.82) is 0 Å². The Morgan fingerprint density at radius 3 is 1.38 bits per heavy atom. The van der Waals surface area contributed by atoms with Gasteiger partial charge in [-0.2, -0.15) is 0 Å². The third kappa shape index (κ3) is 6.00. The van der Waals surface area contributed by atoms with E-state index in [9.17, 15) is 0 Å². The predicted molar refractivity (Wildman–Crippen MR) is 166 cm³/mol. The minimum absolute atomic E-state index is 0.256. The van der Waals surface area contributed by atoms with Crippen molar-refractivity contribution >= 4 is 46.4 Å². The van der Waals surface area contributed by atoms with Gasteiger partial charge in [0.1, 0.15) is 0 Å². The Morgan fingerprint density at radius 2 is 1.02 bits per heavy atom. The number of hydrogen-bond acceptors (Lipinski definition) is 8. The first-order chi connectivity index (χ1) is 20.3. The average Bonchev–Trinajstić information content (AvgIpc) is 2.94. The van der Waals surface area contributed by atoms with E-state index in [1.807, 2.05) is 36.4 Å². The van der Waals surface area contributed by atoms with Crippen LogP contribution in [0.4, 0.5) is 0 Å². The van der Waals surface area contributed by atoms with E-state index in [2.05, 4.69) is 29.7 Å². The van der Waals surface area contributed by atoms with E-state index in [0.717, 1.165) is 37.3 Å². The summed E-state index contributed by atoms with van der Waals surface area (Å²) in [5, 5.41) is 1.68. The first kappa shape index (κ1) is 29.7. The molecule has 4 heterocycles. The molecule has 0 radical (unpaired) electrons. The molecule has 0 bridgehead atoms. The lowest BCUT2D eigenvalue weighted by molar-refractivity contribution is -0.0340. The van der Waals surface area contributed by atoms with Gasteiger partial charge in [-0.25, -0.2) is 9.97 Å². The molecule has 2 aromatic heterocycles. The Bertz CT molecular complexity index is 1490. The second-order valence-corrected chi connectivity index (χ2v) is 11.9. The molecule has 218 valence electrons. The van der Waals surface area contributed by atoms with Gasteiger partial charge in [-0.3, -0.25) is 19.8 Å². The van der Waals surface area contributed by atoms with E-state index in [-0.39, 0.29) is 12.2 Å². The number of ether oxygens (including phenoxy) is 2. The van der Waals surface area contributed by atoms with Crippen molar-refractivity contribution in [3.8, 4) is 33.6 Å². The maximum absolute atomic E-state index is 6.97. The molecule has 6 rings (SSSR count). The molecular formula is C30H28Cl4N6O2. The maximum atomic E-state index is 6.97. The molecule has 2 aliphatic rings. The van der Waals surface area contributed by atoms with Crippen LogP contribution >= 0.6 is 46.4 Å². The van der Waals surface area contributed by atoms with Crippen molar-refractivity contribution in [3.63, 3.8) is 0 Å². The summed E-state index contributed by atoms with van der Waals surface area (Å²) in [5.74, 6) is 0. The van der Waals surface area contributed by atoms with Gasteiger partial charge in [0, 0.05) is 75.7 Å². The molecule has 2 fully saturated rings. The molecule has 42 heavy (non-hydrogen) atoms. The molecule has 0 amide bonds. The SMILES string of the molecule is COC1CN(Cc2ncc(-c3cccc(-c4cccc(-c5cnc(CN6CC(OC)C6)c(Cl)n5)c4Cl)c3Cl)nc2Cl)C1. The van der Waals surface area contributed by atoms with Gasteiger partial charge in [-0.05, 0) is 0 Å². The molecule has 0 N–H and O–H groups in total. The van der Waals surface area contributed by atoms with Crippen molar-refractivity contribution in [2.45, 2.75) is 25.3 Å². The highest BCUT2D eigenvalue weighted by atomic mass is 35.5. The van der Waals surface area contributed by atoms with Crippen LogP contribution in [-0.4, -0.2) is 82.3 Å². The maximum Gasteiger partial charge on any atom is 0.152 e. The normalized spacial score (nSPS) is 16.4. The van der Waals surface area contributed by atoms with Crippen LogP contribution in [0.3, 0.4) is 0 Å². The Morgan fingerprint density at radius 1 is 0.643 bits per heavy atom. The van der Waals surface area contributed by atoms with Crippen LogP contribution in [0, 0.1) is 0 Å². The topological polar surface area (TPSA) is 76.5 Å². The summed E-state index contributed by atoms with van der Waals surface area (Å²) in [4.78, 5) is 22.8. The highest BCUT2D eigenvalue weighted by molar-refractivity contribution is 6.39. The molecule has 0 atom stereocenters. The number of aromatic nitrogens is 4. The zero-order chi connectivity index (χ0) is 29.4. The van der Waals surface area contributed by atoms with Crippen molar-refractivity contribution < 1.29 is 9.47 Å². The van der Waals surface area contributed by atoms with E-state index in [1.54, 1.807) is 26.6 Å². The molecule has 0 spiro atoms. The summed E-state index contributed by atoms with van der Waals surface area (Å²) in [6, 6.07) is 11.4. The van der Waals surface area contributed by atoms with E-state index < -0.39 is 0 Å². The molecule has 0 unspecified atom stereocenters. The second-order valence-electron chi connectivity index (χ2n) is 10.4. The van der Waals surface area contributed by atoms with Crippen molar-refractivity contribution in [1.82, 2.24) is 29.7 Å². The molecule has 0 saturated carbocycles.